The molecule has 1 aliphatic carbocycles. The summed E-state index contributed by atoms with van der Waals surface area (Å²) >= 11 is 7.13. The average Bonchev–Trinajstić information content (AvgIpc) is 2.91. The Morgan fingerprint density at radius 1 is 1.59 bits per heavy atom. The van der Waals surface area contributed by atoms with Crippen molar-refractivity contribution in [2.45, 2.75) is 45.2 Å². The van der Waals surface area contributed by atoms with Crippen molar-refractivity contribution < 1.29 is 0 Å². The van der Waals surface area contributed by atoms with E-state index in [4.69, 9.17) is 12.2 Å². The van der Waals surface area contributed by atoms with Crippen molar-refractivity contribution in [1.29, 1.82) is 0 Å². The second-order valence-electron chi connectivity index (χ2n) is 4.65. The van der Waals surface area contributed by atoms with E-state index in [1.54, 1.807) is 11.3 Å². The molecular weight excluding hydrogens is 250 g/mol. The fraction of sp³-hybridized carbons (Fsp3) is 0.667. The van der Waals surface area contributed by atoms with E-state index in [9.17, 15) is 0 Å². The summed E-state index contributed by atoms with van der Waals surface area (Å²) < 4.78 is 0. The quantitative estimate of drug-likeness (QED) is 0.854. The van der Waals surface area contributed by atoms with Gasteiger partial charge in [-0.2, -0.15) is 0 Å². The third kappa shape index (κ3) is 3.39. The van der Waals surface area contributed by atoms with Crippen molar-refractivity contribution in [2.24, 2.45) is 0 Å². The summed E-state index contributed by atoms with van der Waals surface area (Å²) in [5, 5.41) is 4.32. The summed E-state index contributed by atoms with van der Waals surface area (Å²) in [5.41, 5.74) is 3.01. The fourth-order valence-electron chi connectivity index (χ4n) is 2.12. The van der Waals surface area contributed by atoms with Crippen LogP contribution in [0.5, 0.6) is 0 Å². The second-order valence-corrected chi connectivity index (χ2v) is 5.97. The first kappa shape index (κ1) is 12.8. The summed E-state index contributed by atoms with van der Waals surface area (Å²) in [6.45, 7) is 2.90. The SMILES string of the molecule is Cc1ncsc1CN(C)C(=S)NC1CCCC1. The minimum Gasteiger partial charge on any atom is -0.360 e. The first-order valence-electron chi connectivity index (χ1n) is 6.07. The highest BCUT2D eigenvalue weighted by atomic mass is 32.1. The Balaban J connectivity index is 1.84. The number of hydrogen-bond acceptors (Lipinski definition) is 3. The summed E-state index contributed by atoms with van der Waals surface area (Å²) in [7, 11) is 2.05. The largest absolute Gasteiger partial charge is 0.360 e. The summed E-state index contributed by atoms with van der Waals surface area (Å²) in [6, 6.07) is 0.590. The van der Waals surface area contributed by atoms with Gasteiger partial charge in [-0.1, -0.05) is 12.8 Å². The first-order chi connectivity index (χ1) is 8.16. The number of thiazole rings is 1. The lowest BCUT2D eigenvalue weighted by Gasteiger charge is -2.23. The molecule has 17 heavy (non-hydrogen) atoms. The van der Waals surface area contributed by atoms with Gasteiger partial charge in [0.2, 0.25) is 0 Å². The third-order valence-corrected chi connectivity index (χ3v) is 4.60. The molecule has 1 heterocycles. The van der Waals surface area contributed by atoms with Crippen LogP contribution in [0.25, 0.3) is 0 Å². The Hall–Kier alpha value is -0.680. The summed E-state index contributed by atoms with van der Waals surface area (Å²) in [6.07, 6.45) is 5.18. The van der Waals surface area contributed by atoms with Crippen LogP contribution in [0.3, 0.4) is 0 Å². The van der Waals surface area contributed by atoms with E-state index in [2.05, 4.69) is 15.2 Å². The van der Waals surface area contributed by atoms with E-state index >= 15 is 0 Å². The van der Waals surface area contributed by atoms with Crippen LogP contribution in [0.1, 0.15) is 36.3 Å². The van der Waals surface area contributed by atoms with Gasteiger partial charge in [0.15, 0.2) is 5.11 Å². The maximum Gasteiger partial charge on any atom is 0.169 e. The van der Waals surface area contributed by atoms with Crippen LogP contribution in [0.4, 0.5) is 0 Å². The van der Waals surface area contributed by atoms with Crippen molar-refractivity contribution in [1.82, 2.24) is 15.2 Å². The molecule has 0 amide bonds. The lowest BCUT2D eigenvalue weighted by molar-refractivity contribution is 0.474. The smallest absolute Gasteiger partial charge is 0.169 e. The van der Waals surface area contributed by atoms with E-state index in [-0.39, 0.29) is 0 Å². The van der Waals surface area contributed by atoms with Gasteiger partial charge < -0.3 is 10.2 Å². The highest BCUT2D eigenvalue weighted by Gasteiger charge is 2.17. The Morgan fingerprint density at radius 3 is 2.88 bits per heavy atom. The number of aromatic nitrogens is 1. The monoisotopic (exact) mass is 269 g/mol. The maximum atomic E-state index is 5.43. The molecule has 3 nitrogen and oxygen atoms in total. The van der Waals surface area contributed by atoms with Gasteiger partial charge in [-0.05, 0) is 32.0 Å². The molecular formula is C12H19N3S2. The fourth-order valence-corrected chi connectivity index (χ4v) is 3.18. The standard InChI is InChI=1S/C12H19N3S2/c1-9-11(17-8-13-9)7-15(2)12(16)14-10-5-3-4-6-10/h8,10H,3-7H2,1-2H3,(H,14,16). The zero-order chi connectivity index (χ0) is 12.3. The molecule has 94 valence electrons. The molecule has 1 N–H and O–H groups in total. The van der Waals surface area contributed by atoms with Crippen molar-refractivity contribution in [3.8, 4) is 0 Å². The van der Waals surface area contributed by atoms with Gasteiger partial charge in [0, 0.05) is 18.0 Å². The molecule has 0 saturated heterocycles. The molecule has 2 rings (SSSR count). The van der Waals surface area contributed by atoms with Gasteiger partial charge in [-0.25, -0.2) is 4.98 Å². The minimum absolute atomic E-state index is 0.590. The first-order valence-corrected chi connectivity index (χ1v) is 7.36. The van der Waals surface area contributed by atoms with Gasteiger partial charge in [-0.3, -0.25) is 0 Å². The number of thiocarbonyl (C=S) groups is 1. The normalized spacial score (nSPS) is 16.1. The van der Waals surface area contributed by atoms with Crippen LogP contribution >= 0.6 is 23.6 Å². The predicted molar refractivity (Wildman–Crippen MR) is 76.3 cm³/mol. The molecule has 1 aromatic heterocycles. The zero-order valence-electron chi connectivity index (χ0n) is 10.4. The molecule has 0 radical (unpaired) electrons. The van der Waals surface area contributed by atoms with E-state index < -0.39 is 0 Å². The van der Waals surface area contributed by atoms with Gasteiger partial charge in [0.1, 0.15) is 0 Å². The topological polar surface area (TPSA) is 28.2 Å². The number of aryl methyl sites for hydroxylation is 1. The third-order valence-electron chi connectivity index (χ3n) is 3.26. The van der Waals surface area contributed by atoms with Crippen LogP contribution in [0.15, 0.2) is 5.51 Å². The lowest BCUT2D eigenvalue weighted by Crippen LogP contribution is -2.41. The Labute approximate surface area is 112 Å². The maximum absolute atomic E-state index is 5.43. The summed E-state index contributed by atoms with van der Waals surface area (Å²) in [5.74, 6) is 0. The number of nitrogens with one attached hydrogen (secondary N) is 1. The molecule has 0 spiro atoms. The minimum atomic E-state index is 0.590. The van der Waals surface area contributed by atoms with Crippen molar-refractivity contribution >= 4 is 28.7 Å². The number of nitrogens with zero attached hydrogens (tertiary/aromatic N) is 2. The molecule has 0 bridgehead atoms. The molecule has 0 unspecified atom stereocenters. The Bertz CT molecular complexity index is 383. The highest BCUT2D eigenvalue weighted by Crippen LogP contribution is 2.18. The molecule has 1 aromatic rings. The lowest BCUT2D eigenvalue weighted by atomic mass is 10.2. The van der Waals surface area contributed by atoms with E-state index in [0.29, 0.717) is 6.04 Å². The predicted octanol–water partition coefficient (Wildman–Crippen LogP) is 2.70. The molecule has 0 aromatic carbocycles. The average molecular weight is 269 g/mol. The number of hydrogen-bond donors (Lipinski definition) is 1. The zero-order valence-corrected chi connectivity index (χ0v) is 12.0. The Kier molecular flexibility index (Phi) is 4.34. The molecule has 1 fully saturated rings. The molecule has 1 aliphatic rings. The highest BCUT2D eigenvalue weighted by molar-refractivity contribution is 7.80. The van der Waals surface area contributed by atoms with Gasteiger partial charge in [-0.15, -0.1) is 11.3 Å². The van der Waals surface area contributed by atoms with E-state index in [0.717, 1.165) is 17.4 Å². The number of rotatable bonds is 3. The Morgan fingerprint density at radius 2 is 2.29 bits per heavy atom. The van der Waals surface area contributed by atoms with Crippen LogP contribution in [-0.4, -0.2) is 28.1 Å². The second kappa shape index (κ2) is 5.78. The van der Waals surface area contributed by atoms with Gasteiger partial charge >= 0.3 is 0 Å². The van der Waals surface area contributed by atoms with Crippen LogP contribution in [0, 0.1) is 6.92 Å². The van der Waals surface area contributed by atoms with Crippen molar-refractivity contribution in [3.63, 3.8) is 0 Å². The molecule has 1 saturated carbocycles. The van der Waals surface area contributed by atoms with Crippen molar-refractivity contribution in [3.05, 3.63) is 16.1 Å². The van der Waals surface area contributed by atoms with Crippen LogP contribution < -0.4 is 5.32 Å². The van der Waals surface area contributed by atoms with E-state index in [1.807, 2.05) is 19.5 Å². The molecule has 0 aliphatic heterocycles. The van der Waals surface area contributed by atoms with Gasteiger partial charge in [0.25, 0.3) is 0 Å². The van der Waals surface area contributed by atoms with Crippen LogP contribution in [0.2, 0.25) is 0 Å². The molecule has 0 atom stereocenters. The summed E-state index contributed by atoms with van der Waals surface area (Å²) in [4.78, 5) is 7.66. The van der Waals surface area contributed by atoms with Gasteiger partial charge in [0.05, 0.1) is 17.7 Å². The molecule has 5 heteroatoms. The van der Waals surface area contributed by atoms with Crippen LogP contribution in [-0.2, 0) is 6.54 Å². The van der Waals surface area contributed by atoms with E-state index in [1.165, 1.54) is 30.6 Å². The van der Waals surface area contributed by atoms with Crippen molar-refractivity contribution in [2.75, 3.05) is 7.05 Å².